The lowest BCUT2D eigenvalue weighted by Gasteiger charge is -2.22. The van der Waals surface area contributed by atoms with Crippen LogP contribution in [0.5, 0.6) is 11.5 Å². The number of hydrazone groups is 1. The minimum absolute atomic E-state index is 0.0700. The average Bonchev–Trinajstić information content (AvgIpc) is 3.11. The molecule has 0 spiro atoms. The summed E-state index contributed by atoms with van der Waals surface area (Å²) in [7, 11) is 1.57. The Morgan fingerprint density at radius 2 is 1.96 bits per heavy atom. The van der Waals surface area contributed by atoms with E-state index in [0.717, 1.165) is 5.56 Å². The standard InChI is InChI=1S/C20H20N2O5/c1-27-14-6-4-5-13(11-14)16-12-17(15-7-2-3-8-18(15)23)22(21-16)19(24)9-10-20(25)26/h2-8,11,17,23H,9-10,12H2,1H3,(H,25,26). The highest BCUT2D eigenvalue weighted by atomic mass is 16.5. The second kappa shape index (κ2) is 7.90. The topological polar surface area (TPSA) is 99.4 Å². The first-order chi connectivity index (χ1) is 13.0. The number of phenols is 1. The highest BCUT2D eigenvalue weighted by Gasteiger charge is 2.34. The van der Waals surface area contributed by atoms with Crippen LogP contribution in [0.2, 0.25) is 0 Å². The number of ether oxygens (including phenoxy) is 1. The van der Waals surface area contributed by atoms with Crippen LogP contribution in [0.15, 0.2) is 53.6 Å². The molecule has 7 heteroatoms. The van der Waals surface area contributed by atoms with Crippen molar-refractivity contribution in [3.05, 3.63) is 59.7 Å². The van der Waals surface area contributed by atoms with Crippen LogP contribution in [0.25, 0.3) is 0 Å². The fraction of sp³-hybridized carbons (Fsp3) is 0.250. The molecule has 1 heterocycles. The lowest BCUT2D eigenvalue weighted by molar-refractivity contribution is -0.141. The highest BCUT2D eigenvalue weighted by molar-refractivity contribution is 6.03. The summed E-state index contributed by atoms with van der Waals surface area (Å²) in [5.41, 5.74) is 2.05. The SMILES string of the molecule is COc1cccc(C2=NN(C(=O)CCC(=O)O)C(c3ccccc3O)C2)c1. The molecule has 1 aliphatic rings. The van der Waals surface area contributed by atoms with E-state index < -0.39 is 17.9 Å². The number of phenolic OH excluding ortho intramolecular Hbond substituents is 1. The molecular weight excluding hydrogens is 348 g/mol. The van der Waals surface area contributed by atoms with E-state index >= 15 is 0 Å². The third-order valence-electron chi connectivity index (χ3n) is 4.42. The molecule has 0 aliphatic carbocycles. The molecule has 1 unspecified atom stereocenters. The van der Waals surface area contributed by atoms with Gasteiger partial charge in [0, 0.05) is 24.0 Å². The van der Waals surface area contributed by atoms with E-state index in [4.69, 9.17) is 9.84 Å². The largest absolute Gasteiger partial charge is 0.508 e. The number of hydrogen-bond donors (Lipinski definition) is 2. The number of carbonyl (C=O) groups is 2. The van der Waals surface area contributed by atoms with Crippen molar-refractivity contribution in [2.75, 3.05) is 7.11 Å². The molecule has 7 nitrogen and oxygen atoms in total. The smallest absolute Gasteiger partial charge is 0.303 e. The van der Waals surface area contributed by atoms with Crippen LogP contribution < -0.4 is 4.74 Å². The van der Waals surface area contributed by atoms with Crippen molar-refractivity contribution in [2.45, 2.75) is 25.3 Å². The van der Waals surface area contributed by atoms with Crippen LogP contribution in [0.1, 0.15) is 36.4 Å². The molecular formula is C20H20N2O5. The Bertz CT molecular complexity index is 893. The van der Waals surface area contributed by atoms with Crippen LogP contribution in [0.4, 0.5) is 0 Å². The van der Waals surface area contributed by atoms with E-state index in [1.807, 2.05) is 24.3 Å². The zero-order valence-corrected chi connectivity index (χ0v) is 14.8. The van der Waals surface area contributed by atoms with Crippen molar-refractivity contribution in [1.82, 2.24) is 5.01 Å². The first-order valence-corrected chi connectivity index (χ1v) is 8.53. The van der Waals surface area contributed by atoms with Gasteiger partial charge >= 0.3 is 5.97 Å². The van der Waals surface area contributed by atoms with Crippen molar-refractivity contribution in [1.29, 1.82) is 0 Å². The van der Waals surface area contributed by atoms with Crippen LogP contribution in [0.3, 0.4) is 0 Å². The van der Waals surface area contributed by atoms with Gasteiger partial charge in [-0.3, -0.25) is 9.59 Å². The van der Waals surface area contributed by atoms with Gasteiger partial charge in [0.25, 0.3) is 0 Å². The summed E-state index contributed by atoms with van der Waals surface area (Å²) in [6.45, 7) is 0. The highest BCUT2D eigenvalue weighted by Crippen LogP contribution is 2.37. The Labute approximate surface area is 156 Å². The summed E-state index contributed by atoms with van der Waals surface area (Å²) in [6, 6.07) is 13.6. The quantitative estimate of drug-likeness (QED) is 0.817. The van der Waals surface area contributed by atoms with E-state index in [-0.39, 0.29) is 18.6 Å². The summed E-state index contributed by atoms with van der Waals surface area (Å²) in [4.78, 5) is 23.4. The van der Waals surface area contributed by atoms with Crippen LogP contribution in [-0.2, 0) is 9.59 Å². The van der Waals surface area contributed by atoms with E-state index in [1.54, 1.807) is 31.4 Å². The van der Waals surface area contributed by atoms with Gasteiger partial charge in [-0.2, -0.15) is 5.10 Å². The Balaban J connectivity index is 1.94. The molecule has 2 N–H and O–H groups in total. The number of amides is 1. The first-order valence-electron chi connectivity index (χ1n) is 8.53. The number of nitrogens with zero attached hydrogens (tertiary/aromatic N) is 2. The number of aromatic hydroxyl groups is 1. The summed E-state index contributed by atoms with van der Waals surface area (Å²) in [5, 5.41) is 24.8. The third-order valence-corrected chi connectivity index (χ3v) is 4.42. The van der Waals surface area contributed by atoms with Crippen molar-refractivity contribution in [3.8, 4) is 11.5 Å². The number of methoxy groups -OCH3 is 1. The number of hydrogen-bond acceptors (Lipinski definition) is 5. The molecule has 1 aliphatic heterocycles. The molecule has 0 fully saturated rings. The van der Waals surface area contributed by atoms with Gasteiger partial charge in [0.15, 0.2) is 0 Å². The Morgan fingerprint density at radius 3 is 2.67 bits per heavy atom. The lowest BCUT2D eigenvalue weighted by atomic mass is 9.97. The average molecular weight is 368 g/mol. The van der Waals surface area contributed by atoms with E-state index in [1.165, 1.54) is 5.01 Å². The summed E-state index contributed by atoms with van der Waals surface area (Å²) in [5.74, 6) is -0.701. The molecule has 0 saturated heterocycles. The number of carbonyl (C=O) groups excluding carboxylic acids is 1. The molecule has 3 rings (SSSR count). The number of rotatable bonds is 6. The maximum atomic E-state index is 12.6. The normalized spacial score (nSPS) is 16.1. The molecule has 27 heavy (non-hydrogen) atoms. The summed E-state index contributed by atoms with van der Waals surface area (Å²) < 4.78 is 5.24. The van der Waals surface area contributed by atoms with Crippen LogP contribution >= 0.6 is 0 Å². The van der Waals surface area contributed by atoms with Gasteiger partial charge in [0.2, 0.25) is 5.91 Å². The third kappa shape index (κ3) is 4.08. The van der Waals surface area contributed by atoms with Gasteiger partial charge in [0.1, 0.15) is 11.5 Å². The predicted molar refractivity (Wildman–Crippen MR) is 98.7 cm³/mol. The van der Waals surface area contributed by atoms with Crippen molar-refractivity contribution in [2.24, 2.45) is 5.10 Å². The van der Waals surface area contributed by atoms with Gasteiger partial charge in [-0.15, -0.1) is 0 Å². The molecule has 0 aromatic heterocycles. The molecule has 1 atom stereocenters. The molecule has 140 valence electrons. The number of carboxylic acids is 1. The molecule has 2 aromatic carbocycles. The Kier molecular flexibility index (Phi) is 5.40. The maximum Gasteiger partial charge on any atom is 0.303 e. The number of aliphatic carboxylic acids is 1. The predicted octanol–water partition coefficient (Wildman–Crippen LogP) is 2.94. The van der Waals surface area contributed by atoms with Gasteiger partial charge in [0.05, 0.1) is 25.3 Å². The van der Waals surface area contributed by atoms with Gasteiger partial charge in [-0.25, -0.2) is 5.01 Å². The van der Waals surface area contributed by atoms with Gasteiger partial charge in [-0.05, 0) is 18.2 Å². The van der Waals surface area contributed by atoms with E-state index in [2.05, 4.69) is 5.10 Å². The zero-order valence-electron chi connectivity index (χ0n) is 14.8. The molecule has 0 saturated carbocycles. The van der Waals surface area contributed by atoms with Crippen molar-refractivity contribution in [3.63, 3.8) is 0 Å². The second-order valence-electron chi connectivity index (χ2n) is 6.19. The van der Waals surface area contributed by atoms with Gasteiger partial charge in [-0.1, -0.05) is 30.3 Å². The minimum atomic E-state index is -1.04. The maximum absolute atomic E-state index is 12.6. The molecule has 0 radical (unpaired) electrons. The first kappa shape index (κ1) is 18.4. The van der Waals surface area contributed by atoms with Crippen molar-refractivity contribution >= 4 is 17.6 Å². The molecule has 0 bridgehead atoms. The van der Waals surface area contributed by atoms with Gasteiger partial charge < -0.3 is 14.9 Å². The number of benzene rings is 2. The Morgan fingerprint density at radius 1 is 1.19 bits per heavy atom. The molecule has 2 aromatic rings. The van der Waals surface area contributed by atoms with Crippen LogP contribution in [-0.4, -0.2) is 39.9 Å². The van der Waals surface area contributed by atoms with E-state index in [9.17, 15) is 14.7 Å². The van der Waals surface area contributed by atoms with Crippen LogP contribution in [0, 0.1) is 0 Å². The zero-order chi connectivity index (χ0) is 19.4. The number of para-hydroxylation sites is 1. The lowest BCUT2D eigenvalue weighted by Crippen LogP contribution is -2.27. The van der Waals surface area contributed by atoms with Crippen molar-refractivity contribution < 1.29 is 24.5 Å². The Hall–Kier alpha value is -3.35. The number of carboxylic acid groups (broad SMARTS) is 1. The summed E-state index contributed by atoms with van der Waals surface area (Å²) in [6.07, 6.45) is -0.0231. The monoisotopic (exact) mass is 368 g/mol. The molecule has 1 amide bonds. The summed E-state index contributed by atoms with van der Waals surface area (Å²) >= 11 is 0. The fourth-order valence-electron chi connectivity index (χ4n) is 3.06. The minimum Gasteiger partial charge on any atom is -0.508 e. The second-order valence-corrected chi connectivity index (χ2v) is 6.19. The fourth-order valence-corrected chi connectivity index (χ4v) is 3.06. The van der Waals surface area contributed by atoms with E-state index in [0.29, 0.717) is 23.4 Å².